The number of nitrogens with two attached hydrogens (primary N) is 1. The fourth-order valence-corrected chi connectivity index (χ4v) is 8.83. The first-order chi connectivity index (χ1) is 14.2. The molecular formula is C24H34N4OSi. The van der Waals surface area contributed by atoms with Gasteiger partial charge in [-0.2, -0.15) is 5.10 Å². The van der Waals surface area contributed by atoms with Crippen LogP contribution in [0.5, 0.6) is 0 Å². The number of benzene rings is 2. The monoisotopic (exact) mass is 422 g/mol. The highest BCUT2D eigenvalue weighted by atomic mass is 28.4. The minimum atomic E-state index is -2.63. The molecule has 0 saturated heterocycles. The second kappa shape index (κ2) is 9.16. The van der Waals surface area contributed by atoms with E-state index in [1.807, 2.05) is 10.9 Å². The average Bonchev–Trinajstić information content (AvgIpc) is 3.10. The van der Waals surface area contributed by atoms with E-state index < -0.39 is 8.32 Å². The van der Waals surface area contributed by atoms with Gasteiger partial charge in [-0.25, -0.2) is 0 Å². The summed E-state index contributed by atoms with van der Waals surface area (Å²) in [6.45, 7) is 8.36. The number of anilines is 1. The van der Waals surface area contributed by atoms with Crippen molar-refractivity contribution in [1.29, 1.82) is 0 Å². The molecule has 1 unspecified atom stereocenters. The Morgan fingerprint density at radius 3 is 1.93 bits per heavy atom. The van der Waals surface area contributed by atoms with Crippen LogP contribution in [0, 0.1) is 0 Å². The lowest BCUT2D eigenvalue weighted by Gasteiger charge is -2.45. The van der Waals surface area contributed by atoms with E-state index in [9.17, 15) is 0 Å². The molecule has 0 aliphatic carbocycles. The van der Waals surface area contributed by atoms with E-state index in [1.54, 1.807) is 6.20 Å². The summed E-state index contributed by atoms with van der Waals surface area (Å²) in [6.07, 6.45) is 3.53. The van der Waals surface area contributed by atoms with E-state index in [0.29, 0.717) is 12.2 Å². The molecule has 0 fully saturated rings. The van der Waals surface area contributed by atoms with Crippen molar-refractivity contribution in [3.63, 3.8) is 0 Å². The van der Waals surface area contributed by atoms with E-state index in [-0.39, 0.29) is 11.1 Å². The quantitative estimate of drug-likeness (QED) is 0.567. The normalized spacial score (nSPS) is 13.5. The van der Waals surface area contributed by atoms with Gasteiger partial charge in [0.25, 0.3) is 8.32 Å². The Labute approximate surface area is 181 Å². The minimum absolute atomic E-state index is 0.0365. The predicted octanol–water partition coefficient (Wildman–Crippen LogP) is 2.97. The molecule has 0 radical (unpaired) electrons. The first-order valence-electron chi connectivity index (χ1n) is 10.4. The Hall–Kier alpha value is -2.41. The Kier molecular flexibility index (Phi) is 6.80. The van der Waals surface area contributed by atoms with Gasteiger partial charge >= 0.3 is 0 Å². The zero-order chi connectivity index (χ0) is 21.8. The molecule has 2 aromatic carbocycles. The van der Waals surface area contributed by atoms with Crippen molar-refractivity contribution in [2.24, 2.45) is 0 Å². The van der Waals surface area contributed by atoms with Crippen molar-refractivity contribution in [3.8, 4) is 0 Å². The molecule has 160 valence electrons. The number of hydrogen-bond donors (Lipinski definition) is 1. The summed E-state index contributed by atoms with van der Waals surface area (Å²) in [5, 5.41) is 6.91. The van der Waals surface area contributed by atoms with Gasteiger partial charge in [0.2, 0.25) is 0 Å². The zero-order valence-corrected chi connectivity index (χ0v) is 19.7. The molecule has 30 heavy (non-hydrogen) atoms. The summed E-state index contributed by atoms with van der Waals surface area (Å²) in [6, 6.07) is 21.5. The van der Waals surface area contributed by atoms with Gasteiger partial charge in [-0.1, -0.05) is 81.4 Å². The van der Waals surface area contributed by atoms with Gasteiger partial charge in [0, 0.05) is 12.7 Å². The highest BCUT2D eigenvalue weighted by Gasteiger charge is 2.51. The second-order valence-corrected chi connectivity index (χ2v) is 13.4. The van der Waals surface area contributed by atoms with Crippen LogP contribution in [0.25, 0.3) is 0 Å². The summed E-state index contributed by atoms with van der Waals surface area (Å²) in [5.41, 5.74) is 6.58. The highest BCUT2D eigenvalue weighted by molar-refractivity contribution is 6.99. The predicted molar refractivity (Wildman–Crippen MR) is 128 cm³/mol. The Balaban J connectivity index is 2.12. The molecule has 0 bridgehead atoms. The van der Waals surface area contributed by atoms with Crippen LogP contribution in [-0.2, 0) is 11.0 Å². The maximum absolute atomic E-state index is 7.29. The van der Waals surface area contributed by atoms with Gasteiger partial charge in [0.1, 0.15) is 0 Å². The van der Waals surface area contributed by atoms with E-state index in [1.165, 1.54) is 10.4 Å². The van der Waals surface area contributed by atoms with Crippen molar-refractivity contribution in [3.05, 3.63) is 73.1 Å². The molecule has 6 heteroatoms. The lowest BCUT2D eigenvalue weighted by molar-refractivity contribution is 0.128. The first-order valence-corrected chi connectivity index (χ1v) is 12.3. The number of likely N-dealkylation sites (N-methyl/N-ethyl adjacent to an activating group) is 1. The molecular weight excluding hydrogens is 388 g/mol. The third-order valence-corrected chi connectivity index (χ3v) is 10.5. The van der Waals surface area contributed by atoms with Gasteiger partial charge in [0.05, 0.1) is 24.5 Å². The molecule has 3 aromatic rings. The molecule has 3 rings (SSSR count). The van der Waals surface area contributed by atoms with Gasteiger partial charge < -0.3 is 15.1 Å². The smallest absolute Gasteiger partial charge is 0.261 e. The molecule has 2 N–H and O–H groups in total. The Morgan fingerprint density at radius 2 is 1.53 bits per heavy atom. The van der Waals surface area contributed by atoms with E-state index in [2.05, 4.69) is 106 Å². The van der Waals surface area contributed by atoms with Gasteiger partial charge in [-0.15, -0.1) is 0 Å². The van der Waals surface area contributed by atoms with Crippen molar-refractivity contribution in [1.82, 2.24) is 14.7 Å². The maximum Gasteiger partial charge on any atom is 0.261 e. The largest absolute Gasteiger partial charge is 0.401 e. The molecule has 1 atom stereocenters. The number of hydrogen-bond acceptors (Lipinski definition) is 4. The first kappa shape index (κ1) is 22.3. The van der Waals surface area contributed by atoms with Crippen LogP contribution in [0.15, 0.2) is 73.1 Å². The second-order valence-electron chi connectivity index (χ2n) is 9.16. The van der Waals surface area contributed by atoms with E-state index in [0.717, 1.165) is 6.54 Å². The Morgan fingerprint density at radius 1 is 1.00 bits per heavy atom. The molecule has 0 amide bonds. The summed E-state index contributed by atoms with van der Waals surface area (Å²) in [5.74, 6) is 0. The molecule has 1 aromatic heterocycles. The average molecular weight is 423 g/mol. The topological polar surface area (TPSA) is 56.3 Å². The molecule has 0 aliphatic heterocycles. The number of nitrogens with zero attached hydrogens (tertiary/aromatic N) is 3. The summed E-state index contributed by atoms with van der Waals surface area (Å²) < 4.78 is 9.18. The zero-order valence-electron chi connectivity index (χ0n) is 18.7. The summed E-state index contributed by atoms with van der Waals surface area (Å²) >= 11 is 0. The van der Waals surface area contributed by atoms with E-state index >= 15 is 0 Å². The van der Waals surface area contributed by atoms with Crippen molar-refractivity contribution >= 4 is 24.4 Å². The highest BCUT2D eigenvalue weighted by Crippen LogP contribution is 2.37. The summed E-state index contributed by atoms with van der Waals surface area (Å²) in [4.78, 5) is 2.18. The molecule has 0 spiro atoms. The Bertz CT molecular complexity index is 880. The van der Waals surface area contributed by atoms with Gasteiger partial charge in [-0.3, -0.25) is 4.68 Å². The molecule has 0 aliphatic rings. The minimum Gasteiger partial charge on any atom is -0.401 e. The molecule has 1 heterocycles. The fraction of sp³-hybridized carbons (Fsp3) is 0.375. The SMILES string of the molecule is CN(C)CC(Cn1cc(N)cn1)O[Si](c1ccccc1)(c1ccccc1)C(C)(C)C. The van der Waals surface area contributed by atoms with Crippen LogP contribution in [0.1, 0.15) is 20.8 Å². The van der Waals surface area contributed by atoms with Crippen LogP contribution in [0.2, 0.25) is 5.04 Å². The van der Waals surface area contributed by atoms with Crippen LogP contribution in [-0.4, -0.2) is 49.7 Å². The summed E-state index contributed by atoms with van der Waals surface area (Å²) in [7, 11) is 1.54. The van der Waals surface area contributed by atoms with Gasteiger partial charge in [-0.05, 0) is 29.5 Å². The van der Waals surface area contributed by atoms with Crippen molar-refractivity contribution in [2.45, 2.75) is 38.5 Å². The van der Waals surface area contributed by atoms with E-state index in [4.69, 9.17) is 10.2 Å². The van der Waals surface area contributed by atoms with Crippen LogP contribution < -0.4 is 16.1 Å². The number of aromatic nitrogens is 2. The van der Waals surface area contributed by atoms with Gasteiger partial charge in [0.15, 0.2) is 0 Å². The van der Waals surface area contributed by atoms with Crippen LogP contribution in [0.3, 0.4) is 0 Å². The standard InChI is InChI=1S/C24H34N4OSi/c1-24(2,3)30(22-12-8-6-9-13-22,23-14-10-7-11-15-23)29-21(18-27(4)5)19-28-17-20(25)16-26-28/h6-17,21H,18-19,25H2,1-5H3. The van der Waals surface area contributed by atoms with Crippen molar-refractivity contribution < 1.29 is 4.43 Å². The third kappa shape index (κ3) is 4.83. The lowest BCUT2D eigenvalue weighted by atomic mass is 10.2. The third-order valence-electron chi connectivity index (χ3n) is 5.37. The number of nitrogen functional groups attached to an aromatic ring is 1. The molecule has 5 nitrogen and oxygen atoms in total. The lowest BCUT2D eigenvalue weighted by Crippen LogP contribution is -2.68. The molecule has 0 saturated carbocycles. The maximum atomic E-state index is 7.29. The fourth-order valence-electron chi connectivity index (χ4n) is 4.17. The number of rotatable bonds is 8. The van der Waals surface area contributed by atoms with Crippen LogP contribution >= 0.6 is 0 Å². The van der Waals surface area contributed by atoms with Crippen LogP contribution in [0.4, 0.5) is 5.69 Å². The van der Waals surface area contributed by atoms with Crippen molar-refractivity contribution in [2.75, 3.05) is 26.4 Å².